The summed E-state index contributed by atoms with van der Waals surface area (Å²) in [7, 11) is 0. The second-order valence-corrected chi connectivity index (χ2v) is 5.25. The van der Waals surface area contributed by atoms with Gasteiger partial charge in [0.2, 0.25) is 5.95 Å². The molecular weight excluding hydrogens is 244 g/mol. The first-order valence-electron chi connectivity index (χ1n) is 7.02. The first-order chi connectivity index (χ1) is 9.29. The molecule has 0 spiro atoms. The zero-order valence-corrected chi connectivity index (χ0v) is 11.0. The molecule has 1 aromatic rings. The number of aryl methyl sites for hydroxylation is 1. The highest BCUT2D eigenvalue weighted by molar-refractivity contribution is 5.93. The van der Waals surface area contributed by atoms with Gasteiger partial charge in [0.25, 0.3) is 5.91 Å². The molecular formula is C13H20N4O2. The normalized spacial score (nSPS) is 22.8. The van der Waals surface area contributed by atoms with Crippen LogP contribution < -0.4 is 5.32 Å². The molecule has 1 atom stereocenters. The van der Waals surface area contributed by atoms with Crippen LogP contribution in [0, 0.1) is 0 Å². The van der Waals surface area contributed by atoms with Crippen LogP contribution in [0.3, 0.4) is 0 Å². The fourth-order valence-electron chi connectivity index (χ4n) is 2.88. The minimum Gasteiger partial charge on any atom is -0.394 e. The SMILES string of the molecule is O=C(c1cn2c(n1)NCCC2)N1CCCCC1CO. The monoisotopic (exact) mass is 264 g/mol. The van der Waals surface area contributed by atoms with Gasteiger partial charge in [-0.15, -0.1) is 0 Å². The van der Waals surface area contributed by atoms with Gasteiger partial charge in [-0.3, -0.25) is 4.79 Å². The number of anilines is 1. The minimum absolute atomic E-state index is 0.0392. The lowest BCUT2D eigenvalue weighted by Crippen LogP contribution is -2.45. The number of aromatic nitrogens is 2. The first-order valence-corrected chi connectivity index (χ1v) is 7.02. The van der Waals surface area contributed by atoms with E-state index in [-0.39, 0.29) is 18.6 Å². The number of hydrogen-bond donors (Lipinski definition) is 2. The third-order valence-corrected chi connectivity index (χ3v) is 3.95. The third kappa shape index (κ3) is 2.32. The summed E-state index contributed by atoms with van der Waals surface area (Å²) in [5.74, 6) is 0.731. The van der Waals surface area contributed by atoms with E-state index in [2.05, 4.69) is 10.3 Å². The Morgan fingerprint density at radius 3 is 3.11 bits per heavy atom. The van der Waals surface area contributed by atoms with Gasteiger partial charge in [0.05, 0.1) is 12.6 Å². The number of nitrogens with zero attached hydrogens (tertiary/aromatic N) is 3. The van der Waals surface area contributed by atoms with Crippen LogP contribution in [0.15, 0.2) is 6.20 Å². The molecule has 1 saturated heterocycles. The van der Waals surface area contributed by atoms with Crippen molar-refractivity contribution < 1.29 is 9.90 Å². The maximum Gasteiger partial charge on any atom is 0.274 e. The maximum absolute atomic E-state index is 12.5. The van der Waals surface area contributed by atoms with Crippen molar-refractivity contribution in [3.63, 3.8) is 0 Å². The third-order valence-electron chi connectivity index (χ3n) is 3.95. The zero-order valence-electron chi connectivity index (χ0n) is 11.0. The van der Waals surface area contributed by atoms with Crippen LogP contribution in [0.1, 0.15) is 36.2 Å². The molecule has 0 bridgehead atoms. The van der Waals surface area contributed by atoms with Crippen LogP contribution in [-0.4, -0.2) is 51.2 Å². The van der Waals surface area contributed by atoms with Crippen LogP contribution >= 0.6 is 0 Å². The van der Waals surface area contributed by atoms with Crippen molar-refractivity contribution in [2.75, 3.05) is 25.0 Å². The van der Waals surface area contributed by atoms with Gasteiger partial charge in [0, 0.05) is 25.8 Å². The van der Waals surface area contributed by atoms with Crippen LogP contribution in [0.25, 0.3) is 0 Å². The maximum atomic E-state index is 12.5. The Hall–Kier alpha value is -1.56. The minimum atomic E-state index is -0.0533. The molecule has 2 N–H and O–H groups in total. The lowest BCUT2D eigenvalue weighted by atomic mass is 10.0. The zero-order chi connectivity index (χ0) is 13.2. The summed E-state index contributed by atoms with van der Waals surface area (Å²) in [6.07, 6.45) is 5.85. The number of imidazole rings is 1. The number of nitrogens with one attached hydrogen (secondary N) is 1. The van der Waals surface area contributed by atoms with Gasteiger partial charge >= 0.3 is 0 Å². The Bertz CT molecular complexity index is 448. The van der Waals surface area contributed by atoms with E-state index in [1.807, 2.05) is 10.8 Å². The van der Waals surface area contributed by atoms with E-state index in [9.17, 15) is 9.90 Å². The van der Waals surface area contributed by atoms with Crippen molar-refractivity contribution in [3.05, 3.63) is 11.9 Å². The first kappa shape index (κ1) is 12.5. The molecule has 1 aromatic heterocycles. The molecule has 3 heterocycles. The summed E-state index contributed by atoms with van der Waals surface area (Å²) in [6, 6.07) is -0.0482. The number of aliphatic hydroxyl groups excluding tert-OH is 1. The van der Waals surface area contributed by atoms with Gasteiger partial charge in [-0.1, -0.05) is 0 Å². The van der Waals surface area contributed by atoms with Crippen molar-refractivity contribution in [1.29, 1.82) is 0 Å². The summed E-state index contributed by atoms with van der Waals surface area (Å²) in [6.45, 7) is 2.58. The molecule has 104 valence electrons. The predicted octanol–water partition coefficient (Wildman–Crippen LogP) is 0.686. The number of rotatable bonds is 2. The van der Waals surface area contributed by atoms with Crippen molar-refractivity contribution in [2.24, 2.45) is 0 Å². The Kier molecular flexibility index (Phi) is 3.42. The second-order valence-electron chi connectivity index (χ2n) is 5.25. The molecule has 1 unspecified atom stereocenters. The molecule has 2 aliphatic rings. The van der Waals surface area contributed by atoms with Crippen LogP contribution in [0.2, 0.25) is 0 Å². The second kappa shape index (κ2) is 5.21. The average Bonchev–Trinajstić information content (AvgIpc) is 2.90. The standard InChI is InChI=1S/C13H20N4O2/c18-9-10-4-1-2-7-17(10)12(19)11-8-16-6-3-5-14-13(16)15-11/h8,10,18H,1-7,9H2,(H,14,15). The number of aliphatic hydroxyl groups is 1. The number of amides is 1. The van der Waals surface area contributed by atoms with Gasteiger partial charge in [0.15, 0.2) is 0 Å². The molecule has 0 aromatic carbocycles. The van der Waals surface area contributed by atoms with E-state index in [1.165, 1.54) is 0 Å². The molecule has 6 heteroatoms. The van der Waals surface area contributed by atoms with E-state index < -0.39 is 0 Å². The lowest BCUT2D eigenvalue weighted by molar-refractivity contribution is 0.0498. The van der Waals surface area contributed by atoms with Crippen molar-refractivity contribution >= 4 is 11.9 Å². The summed E-state index contributed by atoms with van der Waals surface area (Å²) >= 11 is 0. The van der Waals surface area contributed by atoms with Crippen LogP contribution in [0.4, 0.5) is 5.95 Å². The number of fused-ring (bicyclic) bond motifs is 1. The molecule has 1 amide bonds. The summed E-state index contributed by atoms with van der Waals surface area (Å²) < 4.78 is 1.99. The Morgan fingerprint density at radius 1 is 1.42 bits per heavy atom. The summed E-state index contributed by atoms with van der Waals surface area (Å²) in [5, 5.41) is 12.6. The van der Waals surface area contributed by atoms with Crippen molar-refractivity contribution in [3.8, 4) is 0 Å². The molecule has 0 aliphatic carbocycles. The Labute approximate surface area is 112 Å². The number of likely N-dealkylation sites (tertiary alicyclic amines) is 1. The van der Waals surface area contributed by atoms with Gasteiger partial charge in [0.1, 0.15) is 5.69 Å². The summed E-state index contributed by atoms with van der Waals surface area (Å²) in [5.41, 5.74) is 0.491. The van der Waals surface area contributed by atoms with E-state index in [0.29, 0.717) is 5.69 Å². The number of carbonyl (C=O) groups excluding carboxylic acids is 1. The summed E-state index contributed by atoms with van der Waals surface area (Å²) in [4.78, 5) is 18.6. The van der Waals surface area contributed by atoms with E-state index >= 15 is 0 Å². The predicted molar refractivity (Wildman–Crippen MR) is 71.1 cm³/mol. The average molecular weight is 264 g/mol. The van der Waals surface area contributed by atoms with Gasteiger partial charge in [-0.2, -0.15) is 0 Å². The Morgan fingerprint density at radius 2 is 2.32 bits per heavy atom. The highest BCUT2D eigenvalue weighted by Crippen LogP contribution is 2.21. The largest absolute Gasteiger partial charge is 0.394 e. The fraction of sp³-hybridized carbons (Fsp3) is 0.692. The molecule has 3 rings (SSSR count). The molecule has 2 aliphatic heterocycles. The van der Waals surface area contributed by atoms with Gasteiger partial charge in [-0.05, 0) is 25.7 Å². The van der Waals surface area contributed by atoms with E-state index in [0.717, 1.165) is 51.3 Å². The van der Waals surface area contributed by atoms with Crippen LogP contribution in [0.5, 0.6) is 0 Å². The number of piperidine rings is 1. The lowest BCUT2D eigenvalue weighted by Gasteiger charge is -2.34. The molecule has 19 heavy (non-hydrogen) atoms. The van der Waals surface area contributed by atoms with Gasteiger partial charge in [-0.25, -0.2) is 4.98 Å². The van der Waals surface area contributed by atoms with Crippen LogP contribution in [-0.2, 0) is 6.54 Å². The number of carbonyl (C=O) groups is 1. The highest BCUT2D eigenvalue weighted by atomic mass is 16.3. The van der Waals surface area contributed by atoms with Crippen molar-refractivity contribution in [2.45, 2.75) is 38.3 Å². The highest BCUT2D eigenvalue weighted by Gasteiger charge is 2.29. The smallest absolute Gasteiger partial charge is 0.274 e. The quantitative estimate of drug-likeness (QED) is 0.824. The molecule has 1 fully saturated rings. The molecule has 0 radical (unpaired) electrons. The van der Waals surface area contributed by atoms with E-state index in [4.69, 9.17) is 0 Å². The van der Waals surface area contributed by atoms with Crippen molar-refractivity contribution in [1.82, 2.24) is 14.5 Å². The molecule has 0 saturated carbocycles. The van der Waals surface area contributed by atoms with E-state index in [1.54, 1.807) is 4.90 Å². The fourth-order valence-corrected chi connectivity index (χ4v) is 2.88. The van der Waals surface area contributed by atoms with Gasteiger partial charge < -0.3 is 19.9 Å². The number of hydrogen-bond acceptors (Lipinski definition) is 4. The molecule has 6 nitrogen and oxygen atoms in total. The Balaban J connectivity index is 1.80. The topological polar surface area (TPSA) is 70.4 Å².